The lowest BCUT2D eigenvalue weighted by Gasteiger charge is -2.09. The second-order valence-electron chi connectivity index (χ2n) is 5.81. The summed E-state index contributed by atoms with van der Waals surface area (Å²) in [4.78, 5) is 12.6. The van der Waals surface area contributed by atoms with Gasteiger partial charge in [-0.3, -0.25) is 4.79 Å². The Labute approximate surface area is 157 Å². The Morgan fingerprint density at radius 1 is 1.19 bits per heavy atom. The maximum absolute atomic E-state index is 12.6. The van der Waals surface area contributed by atoms with Crippen molar-refractivity contribution in [3.8, 4) is 17.6 Å². The van der Waals surface area contributed by atoms with E-state index >= 15 is 0 Å². The maximum atomic E-state index is 12.6. The van der Waals surface area contributed by atoms with E-state index < -0.39 is 5.91 Å². The summed E-state index contributed by atoms with van der Waals surface area (Å²) < 4.78 is 5.33. The number of phenolic OH excluding ortho intramolecular Hbond substituents is 1. The van der Waals surface area contributed by atoms with Gasteiger partial charge in [0.2, 0.25) is 0 Å². The van der Waals surface area contributed by atoms with E-state index in [4.69, 9.17) is 4.74 Å². The van der Waals surface area contributed by atoms with E-state index in [0.29, 0.717) is 23.6 Å². The molecule has 0 radical (unpaired) electrons. The molecule has 0 aliphatic heterocycles. The van der Waals surface area contributed by atoms with Crippen LogP contribution in [0.3, 0.4) is 0 Å². The van der Waals surface area contributed by atoms with Gasteiger partial charge in [-0.15, -0.1) is 0 Å². The molecule has 5 heteroatoms. The van der Waals surface area contributed by atoms with Crippen LogP contribution in [-0.4, -0.2) is 17.6 Å². The summed E-state index contributed by atoms with van der Waals surface area (Å²) in [7, 11) is 0. The topological polar surface area (TPSA) is 82.3 Å². The molecule has 0 saturated heterocycles. The molecular formula is C22H18N2O3. The van der Waals surface area contributed by atoms with Crippen LogP contribution in [-0.2, 0) is 4.79 Å². The molecule has 134 valence electrons. The van der Waals surface area contributed by atoms with Crippen molar-refractivity contribution in [2.45, 2.75) is 6.92 Å². The Morgan fingerprint density at radius 2 is 1.96 bits per heavy atom. The SMILES string of the molecule is CCOc1cc(/C=C(\C#N)C(=O)Nc2cccc3ccccc23)ccc1O. The number of benzene rings is 3. The van der Waals surface area contributed by atoms with E-state index in [1.807, 2.05) is 42.5 Å². The zero-order chi connectivity index (χ0) is 19.2. The third-order valence-electron chi connectivity index (χ3n) is 4.00. The van der Waals surface area contributed by atoms with Crippen LogP contribution in [0.2, 0.25) is 0 Å². The number of nitrogens with zero attached hydrogens (tertiary/aromatic N) is 1. The van der Waals surface area contributed by atoms with Crippen LogP contribution in [0.1, 0.15) is 12.5 Å². The van der Waals surface area contributed by atoms with Crippen LogP contribution >= 0.6 is 0 Å². The van der Waals surface area contributed by atoms with Crippen LogP contribution in [0.5, 0.6) is 11.5 Å². The molecule has 0 aromatic heterocycles. The number of rotatable bonds is 5. The molecule has 0 saturated carbocycles. The lowest BCUT2D eigenvalue weighted by molar-refractivity contribution is -0.112. The molecule has 0 unspecified atom stereocenters. The van der Waals surface area contributed by atoms with Gasteiger partial charge in [0.05, 0.1) is 6.61 Å². The van der Waals surface area contributed by atoms with Gasteiger partial charge in [-0.25, -0.2) is 0 Å². The van der Waals surface area contributed by atoms with Gasteiger partial charge in [0, 0.05) is 11.1 Å². The van der Waals surface area contributed by atoms with Crippen molar-refractivity contribution in [3.05, 3.63) is 71.8 Å². The van der Waals surface area contributed by atoms with E-state index in [1.54, 1.807) is 25.1 Å². The van der Waals surface area contributed by atoms with Gasteiger partial charge in [0.15, 0.2) is 11.5 Å². The predicted octanol–water partition coefficient (Wildman–Crippen LogP) is 4.49. The Hall–Kier alpha value is -3.78. The second kappa shape index (κ2) is 8.07. The lowest BCUT2D eigenvalue weighted by atomic mass is 10.1. The number of hydrogen-bond donors (Lipinski definition) is 2. The van der Waals surface area contributed by atoms with Crippen molar-refractivity contribution in [1.29, 1.82) is 5.26 Å². The summed E-state index contributed by atoms with van der Waals surface area (Å²) in [6.07, 6.45) is 1.46. The van der Waals surface area contributed by atoms with Crippen molar-refractivity contribution in [2.24, 2.45) is 0 Å². The standard InChI is InChI=1S/C22H18N2O3/c1-2-27-21-13-15(10-11-20(21)25)12-17(14-23)22(26)24-19-9-5-7-16-6-3-4-8-18(16)19/h3-13,25H,2H2,1H3,(H,24,26)/b17-12+. The fourth-order valence-corrected chi connectivity index (χ4v) is 2.73. The largest absolute Gasteiger partial charge is 0.504 e. The Bertz CT molecular complexity index is 1060. The summed E-state index contributed by atoms with van der Waals surface area (Å²) in [5.41, 5.74) is 1.18. The van der Waals surface area contributed by atoms with E-state index in [2.05, 4.69) is 5.32 Å². The van der Waals surface area contributed by atoms with Crippen LogP contribution in [0.25, 0.3) is 16.8 Å². The monoisotopic (exact) mass is 358 g/mol. The van der Waals surface area contributed by atoms with E-state index in [0.717, 1.165) is 10.8 Å². The lowest BCUT2D eigenvalue weighted by Crippen LogP contribution is -2.13. The molecule has 0 bridgehead atoms. The van der Waals surface area contributed by atoms with Crippen molar-refractivity contribution >= 4 is 28.4 Å². The number of amides is 1. The number of anilines is 1. The van der Waals surface area contributed by atoms with Gasteiger partial charge in [0.25, 0.3) is 5.91 Å². The number of carbonyl (C=O) groups excluding carboxylic acids is 1. The first-order valence-corrected chi connectivity index (χ1v) is 8.49. The van der Waals surface area contributed by atoms with Crippen molar-refractivity contribution < 1.29 is 14.6 Å². The Morgan fingerprint density at radius 3 is 2.74 bits per heavy atom. The van der Waals surface area contributed by atoms with Crippen molar-refractivity contribution in [1.82, 2.24) is 0 Å². The summed E-state index contributed by atoms with van der Waals surface area (Å²) in [6, 6.07) is 19.9. The molecule has 0 fully saturated rings. The average molecular weight is 358 g/mol. The summed E-state index contributed by atoms with van der Waals surface area (Å²) in [6.45, 7) is 2.20. The molecule has 0 heterocycles. The molecule has 0 atom stereocenters. The van der Waals surface area contributed by atoms with E-state index in [1.165, 1.54) is 12.1 Å². The van der Waals surface area contributed by atoms with Crippen LogP contribution in [0.15, 0.2) is 66.2 Å². The molecule has 3 rings (SSSR count). The molecular weight excluding hydrogens is 340 g/mol. The van der Waals surface area contributed by atoms with Crippen molar-refractivity contribution in [3.63, 3.8) is 0 Å². The highest BCUT2D eigenvalue weighted by atomic mass is 16.5. The zero-order valence-corrected chi connectivity index (χ0v) is 14.8. The normalized spacial score (nSPS) is 11.0. The number of fused-ring (bicyclic) bond motifs is 1. The number of ether oxygens (including phenoxy) is 1. The maximum Gasteiger partial charge on any atom is 0.266 e. The number of phenols is 1. The van der Waals surface area contributed by atoms with Crippen molar-refractivity contribution in [2.75, 3.05) is 11.9 Å². The van der Waals surface area contributed by atoms with E-state index in [-0.39, 0.29) is 11.3 Å². The smallest absolute Gasteiger partial charge is 0.266 e. The Balaban J connectivity index is 1.89. The van der Waals surface area contributed by atoms with Crippen LogP contribution < -0.4 is 10.1 Å². The predicted molar refractivity (Wildman–Crippen MR) is 105 cm³/mol. The molecule has 0 spiro atoms. The molecule has 3 aromatic rings. The first kappa shape index (κ1) is 18.0. The summed E-state index contributed by atoms with van der Waals surface area (Å²) in [5.74, 6) is -0.189. The third-order valence-corrected chi connectivity index (χ3v) is 4.00. The average Bonchev–Trinajstić information content (AvgIpc) is 2.69. The fraction of sp³-hybridized carbons (Fsp3) is 0.0909. The molecule has 27 heavy (non-hydrogen) atoms. The fourth-order valence-electron chi connectivity index (χ4n) is 2.73. The van der Waals surface area contributed by atoms with Gasteiger partial charge in [-0.05, 0) is 42.1 Å². The minimum atomic E-state index is -0.500. The highest BCUT2D eigenvalue weighted by molar-refractivity contribution is 6.12. The number of aromatic hydroxyl groups is 1. The summed E-state index contributed by atoms with van der Waals surface area (Å²) >= 11 is 0. The van der Waals surface area contributed by atoms with Gasteiger partial charge < -0.3 is 15.2 Å². The quantitative estimate of drug-likeness (QED) is 0.520. The Kier molecular flexibility index (Phi) is 5.38. The minimum Gasteiger partial charge on any atom is -0.504 e. The van der Waals surface area contributed by atoms with Gasteiger partial charge in [-0.1, -0.05) is 42.5 Å². The molecule has 0 aliphatic carbocycles. The highest BCUT2D eigenvalue weighted by Gasteiger charge is 2.12. The number of carbonyl (C=O) groups is 1. The van der Waals surface area contributed by atoms with Gasteiger partial charge in [0.1, 0.15) is 11.6 Å². The van der Waals surface area contributed by atoms with Crippen LogP contribution in [0.4, 0.5) is 5.69 Å². The van der Waals surface area contributed by atoms with E-state index in [9.17, 15) is 15.2 Å². The summed E-state index contributed by atoms with van der Waals surface area (Å²) in [5, 5.41) is 23.9. The minimum absolute atomic E-state index is 0.00714. The number of hydrogen-bond acceptors (Lipinski definition) is 4. The number of nitrogens with one attached hydrogen (secondary N) is 1. The molecule has 0 aliphatic rings. The molecule has 2 N–H and O–H groups in total. The number of nitriles is 1. The molecule has 5 nitrogen and oxygen atoms in total. The van der Waals surface area contributed by atoms with Gasteiger partial charge in [-0.2, -0.15) is 5.26 Å². The van der Waals surface area contributed by atoms with Crippen LogP contribution in [0, 0.1) is 11.3 Å². The first-order valence-electron chi connectivity index (χ1n) is 8.49. The van der Waals surface area contributed by atoms with Gasteiger partial charge >= 0.3 is 0 Å². The molecule has 1 amide bonds. The third kappa shape index (κ3) is 4.07. The zero-order valence-electron chi connectivity index (χ0n) is 14.8. The highest BCUT2D eigenvalue weighted by Crippen LogP contribution is 2.28. The second-order valence-corrected chi connectivity index (χ2v) is 5.81. The molecule has 3 aromatic carbocycles. The first-order chi connectivity index (χ1) is 13.1.